The summed E-state index contributed by atoms with van der Waals surface area (Å²) in [5.41, 5.74) is 2.98. The van der Waals surface area contributed by atoms with Gasteiger partial charge in [-0.25, -0.2) is 0 Å². The highest BCUT2D eigenvalue weighted by atomic mass is 16.5. The largest absolute Gasteiger partial charge is 0.388 e. The van der Waals surface area contributed by atoms with Gasteiger partial charge in [-0.1, -0.05) is 0 Å². The maximum absolute atomic E-state index is 10.2. The molecular formula is C13H22N2O2. The number of hydrogen-bond donors (Lipinski definition) is 1. The van der Waals surface area contributed by atoms with Gasteiger partial charge < -0.3 is 9.84 Å². The summed E-state index contributed by atoms with van der Waals surface area (Å²) in [6.45, 7) is 4.84. The van der Waals surface area contributed by atoms with Crippen molar-refractivity contribution in [2.75, 3.05) is 6.61 Å². The van der Waals surface area contributed by atoms with Crippen LogP contribution in [0.2, 0.25) is 0 Å². The van der Waals surface area contributed by atoms with Crippen LogP contribution in [0.1, 0.15) is 48.7 Å². The number of aromatic nitrogens is 2. The van der Waals surface area contributed by atoms with E-state index in [0.717, 1.165) is 49.2 Å². The van der Waals surface area contributed by atoms with Gasteiger partial charge in [-0.15, -0.1) is 0 Å². The van der Waals surface area contributed by atoms with Crippen LogP contribution in [0.3, 0.4) is 0 Å². The van der Waals surface area contributed by atoms with Gasteiger partial charge in [0.2, 0.25) is 0 Å². The first-order valence-corrected chi connectivity index (χ1v) is 6.39. The highest BCUT2D eigenvalue weighted by Gasteiger charge is 2.21. The summed E-state index contributed by atoms with van der Waals surface area (Å²) < 4.78 is 7.41. The lowest BCUT2D eigenvalue weighted by Gasteiger charge is -2.14. The fourth-order valence-electron chi connectivity index (χ4n) is 2.63. The van der Waals surface area contributed by atoms with Crippen LogP contribution in [0.4, 0.5) is 0 Å². The van der Waals surface area contributed by atoms with Gasteiger partial charge >= 0.3 is 0 Å². The monoisotopic (exact) mass is 238 g/mol. The highest BCUT2D eigenvalue weighted by Crippen LogP contribution is 2.27. The zero-order chi connectivity index (χ0) is 12.4. The zero-order valence-corrected chi connectivity index (χ0v) is 10.9. The van der Waals surface area contributed by atoms with Crippen LogP contribution in [0.5, 0.6) is 0 Å². The summed E-state index contributed by atoms with van der Waals surface area (Å²) in [5.74, 6) is 0. The van der Waals surface area contributed by atoms with Crippen molar-refractivity contribution in [3.05, 3.63) is 17.0 Å². The van der Waals surface area contributed by atoms with E-state index in [1.807, 2.05) is 25.6 Å². The van der Waals surface area contributed by atoms with E-state index < -0.39 is 6.10 Å². The lowest BCUT2D eigenvalue weighted by molar-refractivity contribution is 0.0809. The Hall–Kier alpha value is -0.870. The third-order valence-electron chi connectivity index (χ3n) is 3.68. The molecule has 4 heteroatoms. The van der Waals surface area contributed by atoms with E-state index in [4.69, 9.17) is 4.74 Å². The number of rotatable bonds is 4. The Morgan fingerprint density at radius 3 is 2.82 bits per heavy atom. The van der Waals surface area contributed by atoms with Gasteiger partial charge in [0, 0.05) is 24.9 Å². The number of nitrogens with zero attached hydrogens (tertiary/aromatic N) is 2. The van der Waals surface area contributed by atoms with Crippen LogP contribution >= 0.6 is 0 Å². The maximum atomic E-state index is 10.2. The third-order valence-corrected chi connectivity index (χ3v) is 3.68. The van der Waals surface area contributed by atoms with Crippen molar-refractivity contribution in [1.82, 2.24) is 9.78 Å². The molecule has 1 aliphatic heterocycles. The molecule has 0 aromatic carbocycles. The Morgan fingerprint density at radius 1 is 1.53 bits per heavy atom. The van der Waals surface area contributed by atoms with Gasteiger partial charge in [0.25, 0.3) is 0 Å². The average Bonchev–Trinajstić information content (AvgIpc) is 2.86. The van der Waals surface area contributed by atoms with Crippen LogP contribution in [0, 0.1) is 13.8 Å². The van der Waals surface area contributed by atoms with Gasteiger partial charge in [-0.3, -0.25) is 4.68 Å². The number of ether oxygens (including phenoxy) is 1. The Balaban J connectivity index is 1.96. The Morgan fingerprint density at radius 2 is 2.29 bits per heavy atom. The van der Waals surface area contributed by atoms with Gasteiger partial charge in [-0.2, -0.15) is 5.10 Å². The van der Waals surface area contributed by atoms with Crippen molar-refractivity contribution in [3.63, 3.8) is 0 Å². The molecule has 1 aromatic heterocycles. The first kappa shape index (κ1) is 12.6. The van der Waals surface area contributed by atoms with E-state index in [9.17, 15) is 5.11 Å². The highest BCUT2D eigenvalue weighted by molar-refractivity contribution is 5.26. The smallest absolute Gasteiger partial charge is 0.0826 e. The molecule has 0 saturated carbocycles. The number of aryl methyl sites for hydroxylation is 2. The standard InChI is InChI=1S/C13H22N2O2/c1-9-13(10(2)15(3)14-9)12(16)7-6-11-5-4-8-17-11/h11-12,16H,4-8H2,1-3H3. The molecule has 0 radical (unpaired) electrons. The number of aliphatic hydroxyl groups excluding tert-OH is 1. The molecular weight excluding hydrogens is 216 g/mol. The fourth-order valence-corrected chi connectivity index (χ4v) is 2.63. The van der Waals surface area contributed by atoms with E-state index in [1.54, 1.807) is 0 Å². The van der Waals surface area contributed by atoms with E-state index >= 15 is 0 Å². The predicted molar refractivity (Wildman–Crippen MR) is 65.8 cm³/mol. The first-order chi connectivity index (χ1) is 8.09. The second kappa shape index (κ2) is 5.19. The quantitative estimate of drug-likeness (QED) is 0.873. The molecule has 4 nitrogen and oxygen atoms in total. The van der Waals surface area contributed by atoms with Crippen molar-refractivity contribution in [1.29, 1.82) is 0 Å². The molecule has 2 unspecified atom stereocenters. The average molecular weight is 238 g/mol. The molecule has 1 aromatic rings. The van der Waals surface area contributed by atoms with Crippen LogP contribution in [0.15, 0.2) is 0 Å². The minimum Gasteiger partial charge on any atom is -0.388 e. The summed E-state index contributed by atoms with van der Waals surface area (Å²) in [6, 6.07) is 0. The summed E-state index contributed by atoms with van der Waals surface area (Å²) in [5, 5.41) is 14.6. The van der Waals surface area contributed by atoms with Crippen molar-refractivity contribution >= 4 is 0 Å². The van der Waals surface area contributed by atoms with Gasteiger partial charge in [0.1, 0.15) is 0 Å². The predicted octanol–water partition coefficient (Wildman–Crippen LogP) is 2.03. The third kappa shape index (κ3) is 2.69. The fraction of sp³-hybridized carbons (Fsp3) is 0.769. The first-order valence-electron chi connectivity index (χ1n) is 6.39. The normalized spacial score (nSPS) is 22.0. The van der Waals surface area contributed by atoms with Crippen molar-refractivity contribution in [3.8, 4) is 0 Å². The molecule has 2 atom stereocenters. The number of hydrogen-bond acceptors (Lipinski definition) is 3. The molecule has 0 amide bonds. The molecule has 1 N–H and O–H groups in total. The molecule has 2 heterocycles. The van der Waals surface area contributed by atoms with Crippen molar-refractivity contribution in [2.24, 2.45) is 7.05 Å². The summed E-state index contributed by atoms with van der Waals surface area (Å²) in [7, 11) is 1.92. The maximum Gasteiger partial charge on any atom is 0.0826 e. The Kier molecular flexibility index (Phi) is 3.84. The zero-order valence-electron chi connectivity index (χ0n) is 10.9. The van der Waals surface area contributed by atoms with Crippen LogP contribution in [-0.4, -0.2) is 27.6 Å². The van der Waals surface area contributed by atoms with E-state index in [-0.39, 0.29) is 0 Å². The molecule has 1 aliphatic rings. The van der Waals surface area contributed by atoms with Crippen LogP contribution in [0.25, 0.3) is 0 Å². The lowest BCUT2D eigenvalue weighted by atomic mass is 10.0. The molecule has 0 spiro atoms. The summed E-state index contributed by atoms with van der Waals surface area (Å²) in [6.07, 6.45) is 3.94. The molecule has 0 aliphatic carbocycles. The molecule has 1 fully saturated rings. The Bertz CT molecular complexity index is 381. The molecule has 0 bridgehead atoms. The van der Waals surface area contributed by atoms with E-state index in [2.05, 4.69) is 5.10 Å². The minimum absolute atomic E-state index is 0.349. The van der Waals surface area contributed by atoms with Crippen molar-refractivity contribution < 1.29 is 9.84 Å². The SMILES string of the molecule is Cc1nn(C)c(C)c1C(O)CCC1CCCO1. The summed E-state index contributed by atoms with van der Waals surface area (Å²) in [4.78, 5) is 0. The molecule has 96 valence electrons. The van der Waals surface area contributed by atoms with E-state index in [1.165, 1.54) is 0 Å². The van der Waals surface area contributed by atoms with E-state index in [0.29, 0.717) is 6.10 Å². The second-order valence-electron chi connectivity index (χ2n) is 4.94. The lowest BCUT2D eigenvalue weighted by Crippen LogP contribution is -2.09. The van der Waals surface area contributed by atoms with Crippen molar-refractivity contribution in [2.45, 2.75) is 51.7 Å². The summed E-state index contributed by atoms with van der Waals surface area (Å²) >= 11 is 0. The van der Waals surface area contributed by atoms with Gasteiger partial charge in [0.05, 0.1) is 17.9 Å². The minimum atomic E-state index is -0.409. The topological polar surface area (TPSA) is 47.3 Å². The van der Waals surface area contributed by atoms with Gasteiger partial charge in [-0.05, 0) is 39.5 Å². The molecule has 2 rings (SSSR count). The van der Waals surface area contributed by atoms with Gasteiger partial charge in [0.15, 0.2) is 0 Å². The molecule has 17 heavy (non-hydrogen) atoms. The Labute approximate surface area is 103 Å². The van der Waals surface area contributed by atoms with Crippen LogP contribution in [-0.2, 0) is 11.8 Å². The molecule has 1 saturated heterocycles. The van der Waals surface area contributed by atoms with Crippen LogP contribution < -0.4 is 0 Å². The second-order valence-corrected chi connectivity index (χ2v) is 4.94. The number of aliphatic hydroxyl groups is 1.